The molecule has 1 aromatic rings. The van der Waals surface area contributed by atoms with Gasteiger partial charge in [-0.3, -0.25) is 4.79 Å². The fourth-order valence-corrected chi connectivity index (χ4v) is 1.44. The zero-order valence-electron chi connectivity index (χ0n) is 7.57. The standard InChI is InChI=1S/C10H8INO3/c11-7-2-1-3-8(6-7)12-9(13)4-5-10(14)15/h1-6H,(H,12,13)(H,14,15)/p-1. The Hall–Kier alpha value is -1.37. The van der Waals surface area contributed by atoms with Gasteiger partial charge in [-0.1, -0.05) is 6.07 Å². The molecule has 0 spiro atoms. The minimum absolute atomic E-state index is 0.499. The minimum Gasteiger partial charge on any atom is -0.545 e. The molecule has 4 nitrogen and oxygen atoms in total. The summed E-state index contributed by atoms with van der Waals surface area (Å²) in [5, 5.41) is 12.5. The second-order valence-electron chi connectivity index (χ2n) is 2.65. The Morgan fingerprint density at radius 1 is 1.33 bits per heavy atom. The third-order valence-electron chi connectivity index (χ3n) is 1.46. The predicted octanol–water partition coefficient (Wildman–Crippen LogP) is 0.536. The Morgan fingerprint density at radius 3 is 2.67 bits per heavy atom. The number of carbonyl (C=O) groups is 2. The van der Waals surface area contributed by atoms with E-state index in [9.17, 15) is 14.7 Å². The van der Waals surface area contributed by atoms with Gasteiger partial charge in [0.2, 0.25) is 5.91 Å². The van der Waals surface area contributed by atoms with Gasteiger partial charge in [0.15, 0.2) is 0 Å². The van der Waals surface area contributed by atoms with Gasteiger partial charge in [0.1, 0.15) is 0 Å². The van der Waals surface area contributed by atoms with Crippen LogP contribution in [0.15, 0.2) is 36.4 Å². The zero-order valence-corrected chi connectivity index (χ0v) is 9.72. The van der Waals surface area contributed by atoms with Gasteiger partial charge in [-0.05, 0) is 46.9 Å². The summed E-state index contributed by atoms with van der Waals surface area (Å²) in [6.07, 6.45) is 1.60. The summed E-state index contributed by atoms with van der Waals surface area (Å²) in [4.78, 5) is 21.2. The number of carbonyl (C=O) groups excluding carboxylic acids is 2. The molecule has 0 fully saturated rings. The topological polar surface area (TPSA) is 69.2 Å². The Kier molecular flexibility index (Phi) is 4.29. The number of anilines is 1. The number of rotatable bonds is 3. The number of hydrogen-bond donors (Lipinski definition) is 1. The first-order chi connectivity index (χ1) is 7.08. The van der Waals surface area contributed by atoms with E-state index >= 15 is 0 Å². The van der Waals surface area contributed by atoms with E-state index in [0.29, 0.717) is 11.8 Å². The van der Waals surface area contributed by atoms with E-state index in [4.69, 9.17) is 0 Å². The van der Waals surface area contributed by atoms with E-state index in [1.165, 1.54) is 0 Å². The van der Waals surface area contributed by atoms with E-state index in [2.05, 4.69) is 27.9 Å². The molecule has 0 aliphatic heterocycles. The van der Waals surface area contributed by atoms with Crippen LogP contribution in [0.25, 0.3) is 0 Å². The highest BCUT2D eigenvalue weighted by molar-refractivity contribution is 14.1. The van der Waals surface area contributed by atoms with Crippen LogP contribution in [-0.2, 0) is 9.59 Å². The molecule has 0 unspecified atom stereocenters. The van der Waals surface area contributed by atoms with E-state index in [0.717, 1.165) is 9.65 Å². The number of hydrogen-bond acceptors (Lipinski definition) is 3. The van der Waals surface area contributed by atoms with Crippen molar-refractivity contribution >= 4 is 40.2 Å². The molecular formula is C10H7INO3-. The highest BCUT2D eigenvalue weighted by atomic mass is 127. The number of benzene rings is 1. The summed E-state index contributed by atoms with van der Waals surface area (Å²) in [6.45, 7) is 0. The average molecular weight is 316 g/mol. The monoisotopic (exact) mass is 316 g/mol. The molecule has 0 heterocycles. The lowest BCUT2D eigenvalue weighted by atomic mass is 10.3. The van der Waals surface area contributed by atoms with Gasteiger partial charge in [-0.25, -0.2) is 0 Å². The van der Waals surface area contributed by atoms with Crippen LogP contribution < -0.4 is 10.4 Å². The molecule has 0 atom stereocenters. The molecule has 0 aliphatic carbocycles. The van der Waals surface area contributed by atoms with Gasteiger partial charge in [-0.15, -0.1) is 0 Å². The fraction of sp³-hybridized carbons (Fsp3) is 0. The fourth-order valence-electron chi connectivity index (χ4n) is 0.894. The first-order valence-corrected chi connectivity index (χ1v) is 5.11. The molecule has 0 saturated heterocycles. The molecule has 78 valence electrons. The molecule has 0 aliphatic rings. The third kappa shape index (κ3) is 4.59. The summed E-state index contributed by atoms with van der Waals surface area (Å²) < 4.78 is 0.981. The summed E-state index contributed by atoms with van der Waals surface area (Å²) in [5.41, 5.74) is 0.620. The van der Waals surface area contributed by atoms with Crippen LogP contribution in [0.2, 0.25) is 0 Å². The summed E-state index contributed by atoms with van der Waals surface area (Å²) in [6, 6.07) is 7.16. The van der Waals surface area contributed by atoms with Crippen molar-refractivity contribution in [1.29, 1.82) is 0 Å². The molecular weight excluding hydrogens is 309 g/mol. The lowest BCUT2D eigenvalue weighted by Crippen LogP contribution is -2.20. The van der Waals surface area contributed by atoms with Gasteiger partial charge in [0.25, 0.3) is 0 Å². The average Bonchev–Trinajstić information content (AvgIpc) is 2.15. The van der Waals surface area contributed by atoms with Crippen LogP contribution in [-0.4, -0.2) is 11.9 Å². The van der Waals surface area contributed by atoms with Crippen molar-refractivity contribution < 1.29 is 14.7 Å². The molecule has 1 N–H and O–H groups in total. The highest BCUT2D eigenvalue weighted by Crippen LogP contribution is 2.12. The van der Waals surface area contributed by atoms with Crippen molar-refractivity contribution in [3.63, 3.8) is 0 Å². The SMILES string of the molecule is O=C([O-])C=CC(=O)Nc1cccc(I)c1. The van der Waals surface area contributed by atoms with Crippen molar-refractivity contribution in [2.45, 2.75) is 0 Å². The molecule has 15 heavy (non-hydrogen) atoms. The first-order valence-electron chi connectivity index (χ1n) is 4.03. The maximum atomic E-state index is 11.1. The van der Waals surface area contributed by atoms with Gasteiger partial charge in [0, 0.05) is 15.3 Å². The summed E-state index contributed by atoms with van der Waals surface area (Å²) in [7, 11) is 0. The predicted molar refractivity (Wildman–Crippen MR) is 61.9 cm³/mol. The number of amides is 1. The van der Waals surface area contributed by atoms with Crippen molar-refractivity contribution in [2.24, 2.45) is 0 Å². The van der Waals surface area contributed by atoms with E-state index in [1.807, 2.05) is 6.07 Å². The van der Waals surface area contributed by atoms with Gasteiger partial charge in [0.05, 0.1) is 5.97 Å². The lowest BCUT2D eigenvalue weighted by Gasteiger charge is -2.02. The van der Waals surface area contributed by atoms with E-state index in [-0.39, 0.29) is 0 Å². The molecule has 0 radical (unpaired) electrons. The maximum absolute atomic E-state index is 11.1. The van der Waals surface area contributed by atoms with Crippen LogP contribution in [0.3, 0.4) is 0 Å². The number of aliphatic carboxylic acids is 1. The van der Waals surface area contributed by atoms with Crippen LogP contribution in [0.4, 0.5) is 5.69 Å². The van der Waals surface area contributed by atoms with Crippen molar-refractivity contribution in [1.82, 2.24) is 0 Å². The Bertz CT molecular complexity index is 415. The molecule has 5 heteroatoms. The van der Waals surface area contributed by atoms with Crippen molar-refractivity contribution in [3.05, 3.63) is 40.0 Å². The molecule has 0 bridgehead atoms. The Morgan fingerprint density at radius 2 is 2.07 bits per heavy atom. The Labute approximate surface area is 100 Å². The van der Waals surface area contributed by atoms with Gasteiger partial charge in [-0.2, -0.15) is 0 Å². The number of carboxylic acids is 1. The second kappa shape index (κ2) is 5.50. The zero-order chi connectivity index (χ0) is 11.3. The molecule has 1 aromatic carbocycles. The smallest absolute Gasteiger partial charge is 0.248 e. The van der Waals surface area contributed by atoms with Crippen LogP contribution in [0.1, 0.15) is 0 Å². The van der Waals surface area contributed by atoms with Gasteiger partial charge < -0.3 is 15.2 Å². The second-order valence-corrected chi connectivity index (χ2v) is 3.90. The van der Waals surface area contributed by atoms with Crippen LogP contribution in [0.5, 0.6) is 0 Å². The normalized spacial score (nSPS) is 10.2. The molecule has 1 rings (SSSR count). The largest absolute Gasteiger partial charge is 0.545 e. The summed E-state index contributed by atoms with van der Waals surface area (Å²) in [5.74, 6) is -1.89. The number of halogens is 1. The number of carboxylic acid groups (broad SMARTS) is 1. The van der Waals surface area contributed by atoms with Crippen LogP contribution >= 0.6 is 22.6 Å². The number of nitrogens with one attached hydrogen (secondary N) is 1. The summed E-state index contributed by atoms with van der Waals surface area (Å²) >= 11 is 2.11. The van der Waals surface area contributed by atoms with E-state index < -0.39 is 11.9 Å². The molecule has 1 amide bonds. The minimum atomic E-state index is -1.40. The van der Waals surface area contributed by atoms with E-state index in [1.54, 1.807) is 18.2 Å². The van der Waals surface area contributed by atoms with Crippen molar-refractivity contribution in [2.75, 3.05) is 5.32 Å². The third-order valence-corrected chi connectivity index (χ3v) is 2.13. The van der Waals surface area contributed by atoms with Crippen molar-refractivity contribution in [3.8, 4) is 0 Å². The molecule has 0 aromatic heterocycles. The Balaban J connectivity index is 2.63. The molecule has 0 saturated carbocycles. The first kappa shape index (κ1) is 11.7. The lowest BCUT2D eigenvalue weighted by molar-refractivity contribution is -0.297. The quantitative estimate of drug-likeness (QED) is 0.653. The van der Waals surface area contributed by atoms with Crippen LogP contribution in [0, 0.1) is 3.57 Å². The maximum Gasteiger partial charge on any atom is 0.248 e. The van der Waals surface area contributed by atoms with Gasteiger partial charge >= 0.3 is 0 Å². The highest BCUT2D eigenvalue weighted by Gasteiger charge is 1.97.